The lowest BCUT2D eigenvalue weighted by atomic mass is 10.2. The fourth-order valence-corrected chi connectivity index (χ4v) is 1.36. The van der Waals surface area contributed by atoms with Crippen LogP contribution in [0.3, 0.4) is 0 Å². The maximum absolute atomic E-state index is 11.6. The highest BCUT2D eigenvalue weighted by Crippen LogP contribution is 2.27. The maximum atomic E-state index is 11.6. The number of hydrogen-bond donors (Lipinski definition) is 2. The van der Waals surface area contributed by atoms with Crippen molar-refractivity contribution in [1.82, 2.24) is 0 Å². The first kappa shape index (κ1) is 13.8. The second kappa shape index (κ2) is 5.38. The Morgan fingerprint density at radius 1 is 1.47 bits per heavy atom. The lowest BCUT2D eigenvalue weighted by Crippen LogP contribution is -2.27. The molecular formula is C12H17ClN2O2. The average Bonchev–Trinajstić information content (AvgIpc) is 2.20. The number of hydrogen-bond acceptors (Lipinski definition) is 3. The van der Waals surface area contributed by atoms with E-state index in [9.17, 15) is 4.79 Å². The van der Waals surface area contributed by atoms with Crippen LogP contribution in [0.4, 0.5) is 11.4 Å². The van der Waals surface area contributed by atoms with Crippen LogP contribution in [0.1, 0.15) is 20.8 Å². The molecule has 1 amide bonds. The van der Waals surface area contributed by atoms with Gasteiger partial charge < -0.3 is 15.8 Å². The van der Waals surface area contributed by atoms with Crippen molar-refractivity contribution in [3.8, 4) is 0 Å². The van der Waals surface area contributed by atoms with Gasteiger partial charge in [0, 0.05) is 0 Å². The quantitative estimate of drug-likeness (QED) is 0.818. The largest absolute Gasteiger partial charge is 0.397 e. The lowest BCUT2D eigenvalue weighted by Gasteiger charge is -2.19. The zero-order chi connectivity index (χ0) is 13.1. The number of para-hydroxylation sites is 1. The molecule has 1 rings (SSSR count). The van der Waals surface area contributed by atoms with Crippen molar-refractivity contribution >= 4 is 28.9 Å². The van der Waals surface area contributed by atoms with Gasteiger partial charge in [0.25, 0.3) is 0 Å². The molecule has 5 heteroatoms. The maximum Gasteiger partial charge on any atom is 0.250 e. The van der Waals surface area contributed by atoms with Crippen LogP contribution in [0, 0.1) is 0 Å². The molecule has 0 saturated heterocycles. The van der Waals surface area contributed by atoms with E-state index in [4.69, 9.17) is 22.1 Å². The number of nitrogen functional groups attached to an aromatic ring is 1. The smallest absolute Gasteiger partial charge is 0.250 e. The summed E-state index contributed by atoms with van der Waals surface area (Å²) in [5.74, 6) is -0.278. The molecule has 17 heavy (non-hydrogen) atoms. The van der Waals surface area contributed by atoms with E-state index in [1.54, 1.807) is 18.2 Å². The number of carbonyl (C=O) groups is 1. The average molecular weight is 257 g/mol. The van der Waals surface area contributed by atoms with E-state index in [2.05, 4.69) is 5.32 Å². The molecule has 1 aromatic carbocycles. The number of rotatable bonds is 3. The standard InChI is InChI=1S/C12H17ClN2O2/c1-12(2,3)17-7-10(16)15-11-8(13)5-4-6-9(11)14/h4-6H,7,14H2,1-3H3,(H,15,16). The van der Waals surface area contributed by atoms with Crippen molar-refractivity contribution in [2.45, 2.75) is 26.4 Å². The van der Waals surface area contributed by atoms with Gasteiger partial charge in [-0.15, -0.1) is 0 Å². The lowest BCUT2D eigenvalue weighted by molar-refractivity contribution is -0.125. The minimum atomic E-state index is -0.358. The molecule has 0 aliphatic carbocycles. The van der Waals surface area contributed by atoms with Gasteiger partial charge in [-0.2, -0.15) is 0 Å². The molecule has 3 N–H and O–H groups in total. The first-order valence-electron chi connectivity index (χ1n) is 5.27. The summed E-state index contributed by atoms with van der Waals surface area (Å²) in [5, 5.41) is 3.04. The Hall–Kier alpha value is -1.26. The zero-order valence-electron chi connectivity index (χ0n) is 10.2. The molecule has 4 nitrogen and oxygen atoms in total. The van der Waals surface area contributed by atoms with Crippen LogP contribution in [-0.4, -0.2) is 18.1 Å². The number of carbonyl (C=O) groups excluding carboxylic acids is 1. The Morgan fingerprint density at radius 3 is 2.65 bits per heavy atom. The highest BCUT2D eigenvalue weighted by atomic mass is 35.5. The van der Waals surface area contributed by atoms with Crippen LogP contribution >= 0.6 is 11.6 Å². The molecule has 0 saturated carbocycles. The summed E-state index contributed by atoms with van der Waals surface area (Å²) in [4.78, 5) is 11.6. The normalized spacial score (nSPS) is 11.3. The molecule has 0 bridgehead atoms. The zero-order valence-corrected chi connectivity index (χ0v) is 11.0. The summed E-state index contributed by atoms with van der Waals surface area (Å²) in [6.07, 6.45) is 0. The van der Waals surface area contributed by atoms with Gasteiger partial charge in [0.15, 0.2) is 0 Å². The highest BCUT2D eigenvalue weighted by Gasteiger charge is 2.14. The number of benzene rings is 1. The fraction of sp³-hybridized carbons (Fsp3) is 0.417. The summed E-state index contributed by atoms with van der Waals surface area (Å²) < 4.78 is 5.35. The Kier molecular flexibility index (Phi) is 4.37. The molecule has 0 fully saturated rings. The van der Waals surface area contributed by atoms with Crippen LogP contribution in [0.25, 0.3) is 0 Å². The van der Waals surface area contributed by atoms with E-state index >= 15 is 0 Å². The van der Waals surface area contributed by atoms with E-state index in [0.29, 0.717) is 16.4 Å². The molecule has 0 aliphatic heterocycles. The second-order valence-corrected chi connectivity index (χ2v) is 5.06. The number of amides is 1. The molecule has 0 aliphatic rings. The van der Waals surface area contributed by atoms with Gasteiger partial charge >= 0.3 is 0 Å². The summed E-state index contributed by atoms with van der Waals surface area (Å²) >= 11 is 5.93. The number of halogens is 1. The van der Waals surface area contributed by atoms with Gasteiger partial charge in [0.1, 0.15) is 6.61 Å². The van der Waals surface area contributed by atoms with Crippen LogP contribution in [0.2, 0.25) is 5.02 Å². The minimum Gasteiger partial charge on any atom is -0.397 e. The SMILES string of the molecule is CC(C)(C)OCC(=O)Nc1c(N)cccc1Cl. The second-order valence-electron chi connectivity index (χ2n) is 4.65. The first-order valence-corrected chi connectivity index (χ1v) is 5.65. The number of nitrogens with two attached hydrogens (primary N) is 1. The van der Waals surface area contributed by atoms with Crippen molar-refractivity contribution in [2.24, 2.45) is 0 Å². The van der Waals surface area contributed by atoms with Crippen LogP contribution < -0.4 is 11.1 Å². The van der Waals surface area contributed by atoms with Crippen molar-refractivity contribution in [3.05, 3.63) is 23.2 Å². The fourth-order valence-electron chi connectivity index (χ4n) is 1.13. The molecule has 0 heterocycles. The summed E-state index contributed by atoms with van der Waals surface area (Å²) in [6.45, 7) is 5.60. The third-order valence-electron chi connectivity index (χ3n) is 1.95. The minimum absolute atomic E-state index is 0.0336. The number of anilines is 2. The van der Waals surface area contributed by atoms with Crippen molar-refractivity contribution in [1.29, 1.82) is 0 Å². The monoisotopic (exact) mass is 256 g/mol. The number of nitrogens with one attached hydrogen (secondary N) is 1. The first-order chi connectivity index (χ1) is 7.79. The van der Waals surface area contributed by atoms with Gasteiger partial charge in [0.05, 0.1) is 22.0 Å². The number of ether oxygens (including phenoxy) is 1. The Labute approximate surface area is 106 Å². The molecule has 0 atom stereocenters. The predicted octanol–water partition coefficient (Wildman–Crippen LogP) is 2.68. The molecule has 0 spiro atoms. The Bertz CT molecular complexity index is 393. The van der Waals surface area contributed by atoms with Crippen molar-refractivity contribution in [3.63, 3.8) is 0 Å². The molecule has 1 aromatic rings. The van der Waals surface area contributed by atoms with Gasteiger partial charge in [0.2, 0.25) is 5.91 Å². The van der Waals surface area contributed by atoms with Gasteiger partial charge in [-0.3, -0.25) is 4.79 Å². The predicted molar refractivity (Wildman–Crippen MR) is 70.2 cm³/mol. The molecular weight excluding hydrogens is 240 g/mol. The van der Waals surface area contributed by atoms with E-state index in [1.807, 2.05) is 20.8 Å². The molecule has 0 radical (unpaired) electrons. The van der Waals surface area contributed by atoms with Crippen LogP contribution in [-0.2, 0) is 9.53 Å². The van der Waals surface area contributed by atoms with E-state index in [0.717, 1.165) is 0 Å². The topological polar surface area (TPSA) is 64.3 Å². The van der Waals surface area contributed by atoms with Gasteiger partial charge in [-0.05, 0) is 32.9 Å². The summed E-state index contributed by atoms with van der Waals surface area (Å²) in [7, 11) is 0. The van der Waals surface area contributed by atoms with E-state index in [1.165, 1.54) is 0 Å². The van der Waals surface area contributed by atoms with Crippen molar-refractivity contribution in [2.75, 3.05) is 17.7 Å². The summed E-state index contributed by atoms with van der Waals surface area (Å²) in [5.41, 5.74) is 6.21. The summed E-state index contributed by atoms with van der Waals surface area (Å²) in [6, 6.07) is 5.06. The third kappa shape index (κ3) is 4.63. The van der Waals surface area contributed by atoms with Gasteiger partial charge in [-0.25, -0.2) is 0 Å². The van der Waals surface area contributed by atoms with E-state index < -0.39 is 0 Å². The molecule has 0 unspecified atom stereocenters. The highest BCUT2D eigenvalue weighted by molar-refractivity contribution is 6.34. The molecule has 0 aromatic heterocycles. The Balaban J connectivity index is 2.63. The Morgan fingerprint density at radius 2 is 2.12 bits per heavy atom. The van der Waals surface area contributed by atoms with E-state index in [-0.39, 0.29) is 18.1 Å². The van der Waals surface area contributed by atoms with Crippen LogP contribution in [0.15, 0.2) is 18.2 Å². The van der Waals surface area contributed by atoms with Crippen molar-refractivity contribution < 1.29 is 9.53 Å². The third-order valence-corrected chi connectivity index (χ3v) is 2.26. The van der Waals surface area contributed by atoms with Crippen LogP contribution in [0.5, 0.6) is 0 Å². The molecule has 94 valence electrons. The van der Waals surface area contributed by atoms with Gasteiger partial charge in [-0.1, -0.05) is 17.7 Å².